The van der Waals surface area contributed by atoms with Crippen LogP contribution in [0.3, 0.4) is 0 Å². The third kappa shape index (κ3) is 6.22. The molecule has 0 aliphatic carbocycles. The lowest BCUT2D eigenvalue weighted by molar-refractivity contribution is -0.153. The fourth-order valence-electron chi connectivity index (χ4n) is 2.12. The third-order valence-corrected chi connectivity index (χ3v) is 3.29. The number of esters is 2. The number of hydrogen-bond acceptors (Lipinski definition) is 6. The molecule has 0 aliphatic heterocycles. The summed E-state index contributed by atoms with van der Waals surface area (Å²) < 4.78 is 20.7. The van der Waals surface area contributed by atoms with Crippen LogP contribution in [0.25, 0.3) is 0 Å². The molecule has 26 heavy (non-hydrogen) atoms. The minimum absolute atomic E-state index is 0.0804. The van der Waals surface area contributed by atoms with Crippen LogP contribution >= 0.6 is 0 Å². The third-order valence-electron chi connectivity index (χ3n) is 3.29. The summed E-state index contributed by atoms with van der Waals surface area (Å²) in [5, 5.41) is 0. The van der Waals surface area contributed by atoms with Gasteiger partial charge < -0.3 is 18.9 Å². The first-order valence-corrected chi connectivity index (χ1v) is 8.20. The summed E-state index contributed by atoms with van der Waals surface area (Å²) in [5.41, 5.74) is 1.37. The Morgan fingerprint density at radius 3 is 2.04 bits per heavy atom. The average molecular weight is 358 g/mol. The minimum atomic E-state index is -0.391. The number of rotatable bonds is 8. The van der Waals surface area contributed by atoms with E-state index < -0.39 is 5.97 Å². The van der Waals surface area contributed by atoms with Crippen LogP contribution < -0.4 is 4.74 Å². The normalized spacial score (nSPS) is 10.5. The van der Waals surface area contributed by atoms with Crippen LogP contribution in [0.5, 0.6) is 11.5 Å². The number of ether oxygens (including phenoxy) is 4. The fraction of sp³-hybridized carbons (Fsp3) is 0.300. The van der Waals surface area contributed by atoms with Crippen molar-refractivity contribution in [1.29, 1.82) is 0 Å². The molecule has 2 rings (SSSR count). The lowest BCUT2D eigenvalue weighted by Crippen LogP contribution is -2.16. The van der Waals surface area contributed by atoms with Gasteiger partial charge in [0.2, 0.25) is 0 Å². The summed E-state index contributed by atoms with van der Waals surface area (Å²) in [6.07, 6.45) is -0.149. The topological polar surface area (TPSA) is 71.1 Å². The maximum absolute atomic E-state index is 11.4. The van der Waals surface area contributed by atoms with Crippen molar-refractivity contribution >= 4 is 11.9 Å². The Morgan fingerprint density at radius 1 is 0.923 bits per heavy atom. The second kappa shape index (κ2) is 9.58. The predicted octanol–water partition coefficient (Wildman–Crippen LogP) is 3.73. The standard InChI is InChI=1S/C20H22O6/c1-14(2)25-19(21)13-24-12-15-4-8-17(9-5-15)26-18-10-6-16(7-11-18)20(22)23-3/h4-11,14H,12-13H2,1-3H3. The van der Waals surface area contributed by atoms with E-state index in [4.69, 9.17) is 14.2 Å². The Bertz CT molecular complexity index is 719. The van der Waals surface area contributed by atoms with E-state index in [1.165, 1.54) is 7.11 Å². The highest BCUT2D eigenvalue weighted by atomic mass is 16.6. The average Bonchev–Trinajstić information content (AvgIpc) is 2.62. The summed E-state index contributed by atoms with van der Waals surface area (Å²) in [6.45, 7) is 3.81. The molecule has 0 aliphatic rings. The van der Waals surface area contributed by atoms with Crippen LogP contribution in [0.2, 0.25) is 0 Å². The fourth-order valence-corrected chi connectivity index (χ4v) is 2.12. The minimum Gasteiger partial charge on any atom is -0.465 e. The quantitative estimate of drug-likeness (QED) is 0.670. The van der Waals surface area contributed by atoms with Crippen molar-refractivity contribution < 1.29 is 28.5 Å². The van der Waals surface area contributed by atoms with Crippen molar-refractivity contribution in [2.45, 2.75) is 26.6 Å². The molecule has 6 heteroatoms. The molecule has 6 nitrogen and oxygen atoms in total. The number of benzene rings is 2. The Labute approximate surface area is 152 Å². The molecule has 138 valence electrons. The summed E-state index contributed by atoms with van der Waals surface area (Å²) in [4.78, 5) is 22.8. The summed E-state index contributed by atoms with van der Waals surface area (Å²) in [7, 11) is 1.34. The van der Waals surface area contributed by atoms with E-state index in [1.807, 2.05) is 12.1 Å². The molecule has 0 atom stereocenters. The number of carbonyl (C=O) groups is 2. The Balaban J connectivity index is 1.83. The molecule has 0 spiro atoms. The van der Waals surface area contributed by atoms with Gasteiger partial charge in [-0.3, -0.25) is 0 Å². The second-order valence-electron chi connectivity index (χ2n) is 5.79. The van der Waals surface area contributed by atoms with E-state index in [9.17, 15) is 9.59 Å². The Hall–Kier alpha value is -2.86. The maximum atomic E-state index is 11.4. The van der Waals surface area contributed by atoms with Gasteiger partial charge in [-0.1, -0.05) is 12.1 Å². The van der Waals surface area contributed by atoms with Crippen LogP contribution in [0, 0.1) is 0 Å². The van der Waals surface area contributed by atoms with E-state index in [0.29, 0.717) is 23.7 Å². The number of carbonyl (C=O) groups excluding carboxylic acids is 2. The van der Waals surface area contributed by atoms with E-state index in [2.05, 4.69) is 4.74 Å². The van der Waals surface area contributed by atoms with Gasteiger partial charge in [0.25, 0.3) is 0 Å². The lowest BCUT2D eigenvalue weighted by Gasteiger charge is -2.09. The molecule has 0 saturated heterocycles. The summed E-state index contributed by atoms with van der Waals surface area (Å²) >= 11 is 0. The van der Waals surface area contributed by atoms with Crippen molar-refractivity contribution in [2.24, 2.45) is 0 Å². The zero-order chi connectivity index (χ0) is 18.9. The molecule has 0 radical (unpaired) electrons. The molecule has 0 fully saturated rings. The molecule has 2 aromatic rings. The van der Waals surface area contributed by atoms with Crippen molar-refractivity contribution in [3.8, 4) is 11.5 Å². The molecular weight excluding hydrogens is 336 g/mol. The zero-order valence-electron chi connectivity index (χ0n) is 15.1. The molecule has 2 aromatic carbocycles. The highest BCUT2D eigenvalue weighted by molar-refractivity contribution is 5.89. The molecule has 0 heterocycles. The molecule has 0 bridgehead atoms. The van der Waals surface area contributed by atoms with E-state index in [-0.39, 0.29) is 18.7 Å². The van der Waals surface area contributed by atoms with Crippen LogP contribution in [0.15, 0.2) is 48.5 Å². The van der Waals surface area contributed by atoms with Gasteiger partial charge in [0, 0.05) is 0 Å². The number of hydrogen-bond donors (Lipinski definition) is 0. The van der Waals surface area contributed by atoms with Gasteiger partial charge in [-0.25, -0.2) is 9.59 Å². The maximum Gasteiger partial charge on any atom is 0.337 e. The van der Waals surface area contributed by atoms with Gasteiger partial charge in [-0.2, -0.15) is 0 Å². The van der Waals surface area contributed by atoms with Crippen molar-refractivity contribution in [3.63, 3.8) is 0 Å². The largest absolute Gasteiger partial charge is 0.465 e. The monoisotopic (exact) mass is 358 g/mol. The molecule has 0 amide bonds. The Kier molecular flexibility index (Phi) is 7.17. The predicted molar refractivity (Wildman–Crippen MR) is 95.2 cm³/mol. The highest BCUT2D eigenvalue weighted by Gasteiger charge is 2.07. The van der Waals surface area contributed by atoms with Crippen LogP contribution in [-0.2, 0) is 25.6 Å². The van der Waals surface area contributed by atoms with E-state index in [0.717, 1.165) is 5.56 Å². The lowest BCUT2D eigenvalue weighted by atomic mass is 10.2. The smallest absolute Gasteiger partial charge is 0.337 e. The molecular formula is C20H22O6. The molecule has 0 unspecified atom stereocenters. The SMILES string of the molecule is COC(=O)c1ccc(Oc2ccc(COCC(=O)OC(C)C)cc2)cc1. The van der Waals surface area contributed by atoms with Crippen LogP contribution in [-0.4, -0.2) is 31.8 Å². The molecule has 0 saturated carbocycles. The van der Waals surface area contributed by atoms with Crippen molar-refractivity contribution in [3.05, 3.63) is 59.7 Å². The first-order valence-electron chi connectivity index (χ1n) is 8.20. The van der Waals surface area contributed by atoms with Crippen molar-refractivity contribution in [2.75, 3.05) is 13.7 Å². The first-order chi connectivity index (χ1) is 12.5. The Morgan fingerprint density at radius 2 is 1.50 bits per heavy atom. The van der Waals surface area contributed by atoms with Gasteiger partial charge in [0.1, 0.15) is 18.1 Å². The van der Waals surface area contributed by atoms with Gasteiger partial charge in [-0.15, -0.1) is 0 Å². The molecule has 0 aromatic heterocycles. The summed E-state index contributed by atoms with van der Waals surface area (Å²) in [6, 6.07) is 14.0. The number of methoxy groups -OCH3 is 1. The van der Waals surface area contributed by atoms with Gasteiger partial charge in [0.15, 0.2) is 0 Å². The molecule has 0 N–H and O–H groups in total. The van der Waals surface area contributed by atoms with Crippen LogP contribution in [0.1, 0.15) is 29.8 Å². The van der Waals surface area contributed by atoms with Gasteiger partial charge >= 0.3 is 11.9 Å². The van der Waals surface area contributed by atoms with Crippen LogP contribution in [0.4, 0.5) is 0 Å². The summed E-state index contributed by atoms with van der Waals surface area (Å²) in [5.74, 6) is 0.491. The van der Waals surface area contributed by atoms with E-state index in [1.54, 1.807) is 50.2 Å². The van der Waals surface area contributed by atoms with E-state index >= 15 is 0 Å². The zero-order valence-corrected chi connectivity index (χ0v) is 15.1. The first kappa shape index (κ1) is 19.5. The second-order valence-corrected chi connectivity index (χ2v) is 5.79. The highest BCUT2D eigenvalue weighted by Crippen LogP contribution is 2.22. The van der Waals surface area contributed by atoms with Gasteiger partial charge in [0.05, 0.1) is 25.4 Å². The van der Waals surface area contributed by atoms with Crippen molar-refractivity contribution in [1.82, 2.24) is 0 Å². The van der Waals surface area contributed by atoms with Gasteiger partial charge in [-0.05, 0) is 55.8 Å².